The van der Waals surface area contributed by atoms with Crippen LogP contribution in [0.15, 0.2) is 53.3 Å². The monoisotopic (exact) mass is 320 g/mol. The Morgan fingerprint density at radius 2 is 1.83 bits per heavy atom. The van der Waals surface area contributed by atoms with Crippen molar-refractivity contribution in [1.82, 2.24) is 9.78 Å². The van der Waals surface area contributed by atoms with Crippen LogP contribution in [0.1, 0.15) is 36.5 Å². The van der Waals surface area contributed by atoms with Gasteiger partial charge in [0.1, 0.15) is 0 Å². The molecule has 3 heteroatoms. The molecule has 1 heterocycles. The molecule has 0 saturated heterocycles. The molecule has 3 nitrogen and oxygen atoms in total. The van der Waals surface area contributed by atoms with Crippen LogP contribution in [0.4, 0.5) is 0 Å². The van der Waals surface area contributed by atoms with Crippen molar-refractivity contribution in [3.8, 4) is 16.9 Å². The van der Waals surface area contributed by atoms with Crippen LogP contribution in [0.3, 0.4) is 0 Å². The highest BCUT2D eigenvalue weighted by molar-refractivity contribution is 5.66. The Kier molecular flexibility index (Phi) is 4.70. The molecule has 0 bridgehead atoms. The molecule has 1 N–H and O–H groups in total. The molecule has 0 fully saturated rings. The molecule has 3 aromatic rings. The lowest BCUT2D eigenvalue weighted by atomic mass is 10.00. The zero-order valence-electron chi connectivity index (χ0n) is 14.6. The molecule has 0 spiro atoms. The van der Waals surface area contributed by atoms with E-state index in [0.29, 0.717) is 0 Å². The number of aryl methyl sites for hydroxylation is 2. The molecule has 0 unspecified atom stereocenters. The van der Waals surface area contributed by atoms with Crippen LogP contribution in [0.5, 0.6) is 0 Å². The van der Waals surface area contributed by atoms with Crippen LogP contribution in [-0.2, 0) is 6.42 Å². The summed E-state index contributed by atoms with van der Waals surface area (Å²) in [6, 6.07) is 16.2. The van der Waals surface area contributed by atoms with Gasteiger partial charge in [-0.15, -0.1) is 0 Å². The minimum absolute atomic E-state index is 0.0623. The summed E-state index contributed by atoms with van der Waals surface area (Å²) in [5.74, 6) is 0. The molecular formula is C21H24N2O. The first kappa shape index (κ1) is 16.3. The summed E-state index contributed by atoms with van der Waals surface area (Å²) in [6.45, 7) is 6.28. The molecule has 2 aromatic carbocycles. The molecule has 1 aromatic heterocycles. The first-order valence-electron chi connectivity index (χ1n) is 8.58. The third-order valence-electron chi connectivity index (χ3n) is 4.44. The van der Waals surface area contributed by atoms with Gasteiger partial charge in [0, 0.05) is 11.1 Å². The van der Waals surface area contributed by atoms with Gasteiger partial charge in [0.05, 0.1) is 11.4 Å². The fourth-order valence-corrected chi connectivity index (χ4v) is 3.08. The van der Waals surface area contributed by atoms with Crippen molar-refractivity contribution >= 4 is 0 Å². The van der Waals surface area contributed by atoms with Crippen LogP contribution in [-0.4, -0.2) is 9.78 Å². The number of hydrogen-bond acceptors (Lipinski definition) is 1. The number of H-pyrrole nitrogens is 1. The highest BCUT2D eigenvalue weighted by Gasteiger charge is 2.17. The Morgan fingerprint density at radius 1 is 1.04 bits per heavy atom. The first-order valence-corrected chi connectivity index (χ1v) is 8.58. The van der Waals surface area contributed by atoms with Crippen LogP contribution >= 0.6 is 0 Å². The number of rotatable bonds is 5. The van der Waals surface area contributed by atoms with Gasteiger partial charge in [-0.25, -0.2) is 4.68 Å². The Hall–Kier alpha value is -2.55. The minimum atomic E-state index is 0.0623. The molecule has 0 aliphatic carbocycles. The minimum Gasteiger partial charge on any atom is -0.290 e. The van der Waals surface area contributed by atoms with Crippen LogP contribution in [0.2, 0.25) is 0 Å². The van der Waals surface area contributed by atoms with E-state index in [-0.39, 0.29) is 5.56 Å². The van der Waals surface area contributed by atoms with Crippen molar-refractivity contribution in [2.45, 2.75) is 40.0 Å². The number of benzene rings is 2. The predicted octanol–water partition coefficient (Wildman–Crippen LogP) is 4.79. The summed E-state index contributed by atoms with van der Waals surface area (Å²) in [7, 11) is 0. The van der Waals surface area contributed by atoms with Gasteiger partial charge >= 0.3 is 0 Å². The molecule has 3 rings (SSSR count). The molecular weight excluding hydrogens is 296 g/mol. The standard InChI is InChI=1S/C21H24N2O/c1-4-5-12-19-20(18-13-7-6-10-16(18)3)22-23(21(19)24)17-11-8-9-15(2)14-17/h6-11,13-14,22H,4-5,12H2,1-3H3. The number of aromatic amines is 1. The van der Waals surface area contributed by atoms with Crippen molar-refractivity contribution in [3.63, 3.8) is 0 Å². The summed E-state index contributed by atoms with van der Waals surface area (Å²) in [5.41, 5.74) is 6.20. The van der Waals surface area contributed by atoms with E-state index in [1.54, 1.807) is 4.68 Å². The van der Waals surface area contributed by atoms with E-state index in [4.69, 9.17) is 0 Å². The van der Waals surface area contributed by atoms with Crippen molar-refractivity contribution in [2.75, 3.05) is 0 Å². The predicted molar refractivity (Wildman–Crippen MR) is 99.9 cm³/mol. The second kappa shape index (κ2) is 6.91. The van der Waals surface area contributed by atoms with Crippen LogP contribution in [0, 0.1) is 13.8 Å². The third-order valence-corrected chi connectivity index (χ3v) is 4.44. The Bertz CT molecular complexity index is 902. The van der Waals surface area contributed by atoms with E-state index < -0.39 is 0 Å². The highest BCUT2D eigenvalue weighted by Crippen LogP contribution is 2.25. The Balaban J connectivity index is 2.20. The zero-order valence-corrected chi connectivity index (χ0v) is 14.6. The molecule has 0 saturated carbocycles. The SMILES string of the molecule is CCCCc1c(-c2ccccc2C)[nH]n(-c2cccc(C)c2)c1=O. The van der Waals surface area contributed by atoms with Crippen molar-refractivity contribution in [1.29, 1.82) is 0 Å². The topological polar surface area (TPSA) is 37.8 Å². The Morgan fingerprint density at radius 3 is 2.54 bits per heavy atom. The van der Waals surface area contributed by atoms with Crippen molar-refractivity contribution < 1.29 is 0 Å². The van der Waals surface area contributed by atoms with Gasteiger partial charge in [-0.3, -0.25) is 9.89 Å². The van der Waals surface area contributed by atoms with Gasteiger partial charge in [0.25, 0.3) is 5.56 Å². The average molecular weight is 320 g/mol. The second-order valence-electron chi connectivity index (χ2n) is 6.36. The summed E-state index contributed by atoms with van der Waals surface area (Å²) in [6.07, 6.45) is 2.89. The summed E-state index contributed by atoms with van der Waals surface area (Å²) < 4.78 is 1.68. The molecule has 0 amide bonds. The van der Waals surface area contributed by atoms with E-state index in [0.717, 1.165) is 47.3 Å². The van der Waals surface area contributed by atoms with Crippen molar-refractivity contribution in [2.24, 2.45) is 0 Å². The number of hydrogen-bond donors (Lipinski definition) is 1. The van der Waals surface area contributed by atoms with Gasteiger partial charge < -0.3 is 0 Å². The lowest BCUT2D eigenvalue weighted by Crippen LogP contribution is -2.17. The summed E-state index contributed by atoms with van der Waals surface area (Å²) >= 11 is 0. The second-order valence-corrected chi connectivity index (χ2v) is 6.36. The van der Waals surface area contributed by atoms with E-state index in [1.165, 1.54) is 5.56 Å². The van der Waals surface area contributed by atoms with Crippen LogP contribution in [0.25, 0.3) is 16.9 Å². The number of unbranched alkanes of at least 4 members (excludes halogenated alkanes) is 1. The van der Waals surface area contributed by atoms with E-state index >= 15 is 0 Å². The highest BCUT2D eigenvalue weighted by atomic mass is 16.1. The van der Waals surface area contributed by atoms with E-state index in [9.17, 15) is 4.79 Å². The number of nitrogens with zero attached hydrogens (tertiary/aromatic N) is 1. The number of nitrogens with one attached hydrogen (secondary N) is 1. The average Bonchev–Trinajstić information content (AvgIpc) is 2.90. The van der Waals surface area contributed by atoms with Gasteiger partial charge in [0.15, 0.2) is 0 Å². The lowest BCUT2D eigenvalue weighted by Gasteiger charge is -2.06. The number of aromatic nitrogens is 2. The van der Waals surface area contributed by atoms with Crippen LogP contribution < -0.4 is 5.56 Å². The van der Waals surface area contributed by atoms with E-state index in [2.05, 4.69) is 31.1 Å². The quantitative estimate of drug-likeness (QED) is 0.721. The molecule has 124 valence electrons. The molecule has 0 radical (unpaired) electrons. The van der Waals surface area contributed by atoms with Crippen molar-refractivity contribution in [3.05, 3.63) is 75.6 Å². The zero-order chi connectivity index (χ0) is 17.1. The lowest BCUT2D eigenvalue weighted by molar-refractivity contribution is 0.786. The normalized spacial score (nSPS) is 11.0. The van der Waals surface area contributed by atoms with Gasteiger partial charge in [-0.05, 0) is 49.9 Å². The summed E-state index contributed by atoms with van der Waals surface area (Å²) in [5, 5.41) is 3.36. The molecule has 0 atom stereocenters. The largest absolute Gasteiger partial charge is 0.290 e. The Labute approximate surface area is 143 Å². The third kappa shape index (κ3) is 3.07. The maximum atomic E-state index is 13.0. The molecule has 0 aliphatic rings. The fraction of sp³-hybridized carbons (Fsp3) is 0.286. The maximum absolute atomic E-state index is 13.0. The summed E-state index contributed by atoms with van der Waals surface area (Å²) in [4.78, 5) is 13.0. The molecule has 24 heavy (non-hydrogen) atoms. The fourth-order valence-electron chi connectivity index (χ4n) is 3.08. The molecule has 0 aliphatic heterocycles. The van der Waals surface area contributed by atoms with Gasteiger partial charge in [-0.1, -0.05) is 49.7 Å². The smallest absolute Gasteiger partial charge is 0.275 e. The van der Waals surface area contributed by atoms with Gasteiger partial charge in [-0.2, -0.15) is 0 Å². The van der Waals surface area contributed by atoms with Gasteiger partial charge in [0.2, 0.25) is 0 Å². The maximum Gasteiger partial charge on any atom is 0.275 e. The van der Waals surface area contributed by atoms with E-state index in [1.807, 2.05) is 43.3 Å². The first-order chi connectivity index (χ1) is 11.6.